The molecule has 2 N–H and O–H groups in total. The summed E-state index contributed by atoms with van der Waals surface area (Å²) in [5.41, 5.74) is 0.676. The van der Waals surface area contributed by atoms with Crippen molar-refractivity contribution in [3.8, 4) is 0 Å². The van der Waals surface area contributed by atoms with E-state index in [4.69, 9.17) is 10.2 Å². The van der Waals surface area contributed by atoms with Crippen molar-refractivity contribution in [2.24, 2.45) is 0 Å². The molecule has 2 aromatic heterocycles. The summed E-state index contributed by atoms with van der Waals surface area (Å²) in [4.78, 5) is 42.0. The molecular weight excluding hydrogens is 282 g/mol. The lowest BCUT2D eigenvalue weighted by molar-refractivity contribution is -0.140. The summed E-state index contributed by atoms with van der Waals surface area (Å²) in [6.45, 7) is 0.212. The van der Waals surface area contributed by atoms with Crippen molar-refractivity contribution in [3.63, 3.8) is 0 Å². The zero-order valence-electron chi connectivity index (χ0n) is 10.9. The van der Waals surface area contributed by atoms with Crippen molar-refractivity contribution >= 4 is 23.6 Å². The molecular formula is C11H11N5O5. The zero-order chi connectivity index (χ0) is 15.6. The first-order valence-electron chi connectivity index (χ1n) is 5.79. The maximum absolute atomic E-state index is 12.1. The van der Waals surface area contributed by atoms with Crippen LogP contribution in [-0.4, -0.2) is 65.6 Å². The van der Waals surface area contributed by atoms with Crippen LogP contribution in [0.2, 0.25) is 0 Å². The summed E-state index contributed by atoms with van der Waals surface area (Å²) >= 11 is 0. The number of carbonyl (C=O) groups is 3. The van der Waals surface area contributed by atoms with E-state index in [0.29, 0.717) is 10.6 Å². The molecule has 0 saturated heterocycles. The molecule has 0 fully saturated rings. The van der Waals surface area contributed by atoms with Gasteiger partial charge in [0.05, 0.1) is 0 Å². The summed E-state index contributed by atoms with van der Waals surface area (Å²) in [5.74, 6) is -3.68. The number of hydrogen-bond donors (Lipinski definition) is 2. The molecule has 0 spiro atoms. The molecule has 0 radical (unpaired) electrons. The van der Waals surface area contributed by atoms with Crippen LogP contribution in [0, 0.1) is 6.92 Å². The van der Waals surface area contributed by atoms with Crippen LogP contribution in [0.5, 0.6) is 0 Å². The van der Waals surface area contributed by atoms with E-state index < -0.39 is 30.9 Å². The largest absolute Gasteiger partial charge is 0.480 e. The summed E-state index contributed by atoms with van der Waals surface area (Å²) < 4.78 is 1.31. The van der Waals surface area contributed by atoms with Crippen LogP contribution in [-0.2, 0) is 9.59 Å². The van der Waals surface area contributed by atoms with E-state index in [2.05, 4.69) is 15.1 Å². The van der Waals surface area contributed by atoms with Crippen molar-refractivity contribution in [2.75, 3.05) is 13.1 Å². The third-order valence-corrected chi connectivity index (χ3v) is 2.56. The molecule has 10 nitrogen and oxygen atoms in total. The zero-order valence-corrected chi connectivity index (χ0v) is 10.9. The van der Waals surface area contributed by atoms with Crippen molar-refractivity contribution in [1.29, 1.82) is 0 Å². The van der Waals surface area contributed by atoms with Crippen LogP contribution in [0.3, 0.4) is 0 Å². The highest BCUT2D eigenvalue weighted by atomic mass is 16.4. The highest BCUT2D eigenvalue weighted by Gasteiger charge is 2.25. The number of amides is 1. The molecule has 0 atom stereocenters. The molecule has 0 aliphatic rings. The van der Waals surface area contributed by atoms with Gasteiger partial charge in [0.15, 0.2) is 0 Å². The second-order valence-electron chi connectivity index (χ2n) is 4.18. The first-order valence-corrected chi connectivity index (χ1v) is 5.79. The summed E-state index contributed by atoms with van der Waals surface area (Å²) in [6.07, 6.45) is 1.49. The highest BCUT2D eigenvalue weighted by Crippen LogP contribution is 2.05. The smallest absolute Gasteiger partial charge is 0.323 e. The Bertz CT molecular complexity index is 709. The van der Waals surface area contributed by atoms with E-state index in [1.807, 2.05) is 0 Å². The predicted octanol–water partition coefficient (Wildman–Crippen LogP) is -0.956. The Hall–Kier alpha value is -3.04. The predicted molar refractivity (Wildman–Crippen MR) is 66.7 cm³/mol. The molecule has 0 unspecified atom stereocenters. The van der Waals surface area contributed by atoms with Crippen LogP contribution < -0.4 is 0 Å². The number of aliphatic carboxylic acids is 2. The van der Waals surface area contributed by atoms with Gasteiger partial charge in [-0.05, 0) is 13.0 Å². The fourth-order valence-corrected chi connectivity index (χ4v) is 1.66. The molecule has 2 rings (SSSR count). The van der Waals surface area contributed by atoms with Gasteiger partial charge in [0.25, 0.3) is 11.7 Å². The average molecular weight is 293 g/mol. The minimum Gasteiger partial charge on any atom is -0.480 e. The lowest BCUT2D eigenvalue weighted by Gasteiger charge is -2.16. The average Bonchev–Trinajstić information content (AvgIpc) is 2.81. The molecule has 21 heavy (non-hydrogen) atoms. The van der Waals surface area contributed by atoms with Gasteiger partial charge in [0.2, 0.25) is 5.82 Å². The number of fused-ring (bicyclic) bond motifs is 1. The third kappa shape index (κ3) is 3.11. The number of aromatic nitrogens is 4. The van der Waals surface area contributed by atoms with Gasteiger partial charge in [0, 0.05) is 11.9 Å². The fraction of sp³-hybridized carbons (Fsp3) is 0.273. The fourth-order valence-electron chi connectivity index (χ4n) is 1.66. The van der Waals surface area contributed by atoms with Crippen molar-refractivity contribution in [2.45, 2.75) is 6.92 Å². The minimum atomic E-state index is -1.33. The Morgan fingerprint density at radius 2 is 1.86 bits per heavy atom. The summed E-state index contributed by atoms with van der Waals surface area (Å²) in [7, 11) is 0. The quantitative estimate of drug-likeness (QED) is 0.719. The molecule has 0 aromatic carbocycles. The first kappa shape index (κ1) is 14.4. The lowest BCUT2D eigenvalue weighted by atomic mass is 10.4. The van der Waals surface area contributed by atoms with Crippen LogP contribution in [0.25, 0.3) is 5.78 Å². The highest BCUT2D eigenvalue weighted by molar-refractivity contribution is 5.94. The molecule has 0 aliphatic carbocycles. The maximum atomic E-state index is 12.1. The van der Waals surface area contributed by atoms with Crippen LogP contribution in [0.4, 0.5) is 0 Å². The second-order valence-corrected chi connectivity index (χ2v) is 4.18. The molecule has 2 heterocycles. The first-order chi connectivity index (χ1) is 9.88. The van der Waals surface area contributed by atoms with E-state index in [1.165, 1.54) is 10.7 Å². The standard InChI is InChI=1S/C11H11N5O5/c1-6-2-3-12-11-13-9(14-16(6)11)10(21)15(4-7(17)18)5-8(19)20/h2-3H,4-5H2,1H3,(H,17,18)(H,19,20). The van der Waals surface area contributed by atoms with Crippen LogP contribution >= 0.6 is 0 Å². The molecule has 0 aliphatic heterocycles. The van der Waals surface area contributed by atoms with Gasteiger partial charge in [-0.1, -0.05) is 0 Å². The number of carboxylic acid groups (broad SMARTS) is 2. The number of rotatable bonds is 5. The molecule has 0 bridgehead atoms. The van der Waals surface area contributed by atoms with E-state index >= 15 is 0 Å². The molecule has 1 amide bonds. The number of hydrogen-bond acceptors (Lipinski definition) is 6. The van der Waals surface area contributed by atoms with Gasteiger partial charge in [-0.15, -0.1) is 5.10 Å². The molecule has 110 valence electrons. The van der Waals surface area contributed by atoms with E-state index in [-0.39, 0.29) is 11.6 Å². The van der Waals surface area contributed by atoms with E-state index in [1.54, 1.807) is 13.0 Å². The monoisotopic (exact) mass is 293 g/mol. The number of nitrogens with zero attached hydrogens (tertiary/aromatic N) is 5. The Labute approximate surface area is 117 Å². The topological polar surface area (TPSA) is 138 Å². The van der Waals surface area contributed by atoms with E-state index in [9.17, 15) is 14.4 Å². The normalized spacial score (nSPS) is 10.5. The van der Waals surface area contributed by atoms with Gasteiger partial charge >= 0.3 is 11.9 Å². The van der Waals surface area contributed by atoms with Crippen molar-refractivity contribution in [1.82, 2.24) is 24.5 Å². The van der Waals surface area contributed by atoms with Crippen molar-refractivity contribution in [3.05, 3.63) is 23.8 Å². The van der Waals surface area contributed by atoms with Crippen LogP contribution in [0.1, 0.15) is 16.3 Å². The van der Waals surface area contributed by atoms with Crippen molar-refractivity contribution < 1.29 is 24.6 Å². The SMILES string of the molecule is Cc1ccnc2nc(C(=O)N(CC(=O)O)CC(=O)O)nn12. The molecule has 0 saturated carbocycles. The van der Waals surface area contributed by atoms with E-state index in [0.717, 1.165) is 0 Å². The third-order valence-electron chi connectivity index (χ3n) is 2.56. The Balaban J connectivity index is 2.35. The van der Waals surface area contributed by atoms with Crippen LogP contribution in [0.15, 0.2) is 12.3 Å². The molecule has 2 aromatic rings. The van der Waals surface area contributed by atoms with Gasteiger partial charge in [-0.2, -0.15) is 4.98 Å². The van der Waals surface area contributed by atoms with Gasteiger partial charge in [-0.3, -0.25) is 14.4 Å². The Morgan fingerprint density at radius 3 is 2.38 bits per heavy atom. The Morgan fingerprint density at radius 1 is 1.24 bits per heavy atom. The summed E-state index contributed by atoms with van der Waals surface area (Å²) in [6, 6.07) is 1.65. The number of carbonyl (C=O) groups excluding carboxylic acids is 1. The molecule has 10 heteroatoms. The Kier molecular flexibility index (Phi) is 3.78. The number of carboxylic acids is 2. The minimum absolute atomic E-state index is 0.170. The maximum Gasteiger partial charge on any atom is 0.323 e. The van der Waals surface area contributed by atoms with Gasteiger partial charge < -0.3 is 15.1 Å². The summed E-state index contributed by atoms with van der Waals surface area (Å²) in [5, 5.41) is 21.4. The van der Waals surface area contributed by atoms with Gasteiger partial charge in [0.1, 0.15) is 13.1 Å². The second kappa shape index (κ2) is 5.53. The lowest BCUT2D eigenvalue weighted by Crippen LogP contribution is -2.39. The van der Waals surface area contributed by atoms with Gasteiger partial charge in [-0.25, -0.2) is 9.50 Å². The number of aryl methyl sites for hydroxylation is 1.